The average molecular weight is 356 g/mol. The first-order chi connectivity index (χ1) is 12.6. The third kappa shape index (κ3) is 4.14. The summed E-state index contributed by atoms with van der Waals surface area (Å²) in [5.74, 6) is -1.04. The molecule has 1 aliphatic heterocycles. The highest BCUT2D eigenvalue weighted by atomic mass is 16.5. The van der Waals surface area contributed by atoms with E-state index in [-0.39, 0.29) is 24.9 Å². The number of carbonyl (C=O) groups is 2. The molecule has 0 unspecified atom stereocenters. The zero-order chi connectivity index (χ0) is 18.5. The molecule has 1 aromatic heterocycles. The molecule has 1 fully saturated rings. The number of amides is 1. The molecule has 1 amide bonds. The highest BCUT2D eigenvalue weighted by Gasteiger charge is 2.25. The van der Waals surface area contributed by atoms with Crippen LogP contribution in [-0.4, -0.2) is 52.3 Å². The lowest BCUT2D eigenvalue weighted by Gasteiger charge is -2.33. The average Bonchev–Trinajstić information content (AvgIpc) is 2.97. The van der Waals surface area contributed by atoms with Crippen molar-refractivity contribution in [2.24, 2.45) is 7.05 Å². The van der Waals surface area contributed by atoms with Gasteiger partial charge in [-0.15, -0.1) is 0 Å². The number of rotatable bonds is 6. The lowest BCUT2D eigenvalue weighted by atomic mass is 10.1. The van der Waals surface area contributed by atoms with Crippen LogP contribution in [0.2, 0.25) is 0 Å². The van der Waals surface area contributed by atoms with Crippen molar-refractivity contribution >= 4 is 28.9 Å². The van der Waals surface area contributed by atoms with Gasteiger partial charge in [0.15, 0.2) is 0 Å². The predicted molar refractivity (Wildman–Crippen MR) is 99.8 cm³/mol. The first kappa shape index (κ1) is 18.2. The van der Waals surface area contributed by atoms with Crippen molar-refractivity contribution in [1.82, 2.24) is 9.47 Å². The second-order valence-corrected chi connectivity index (χ2v) is 6.56. The molecule has 1 aliphatic rings. The summed E-state index contributed by atoms with van der Waals surface area (Å²) in [6, 6.07) is 8.06. The van der Waals surface area contributed by atoms with E-state index in [0.29, 0.717) is 13.2 Å². The Balaban J connectivity index is 1.79. The quantitative estimate of drug-likeness (QED) is 0.808. The van der Waals surface area contributed by atoms with E-state index < -0.39 is 5.97 Å². The van der Waals surface area contributed by atoms with Crippen LogP contribution in [0.5, 0.6) is 0 Å². The number of hydrogen-bond donors (Lipinski definition) is 1. The number of fused-ring (bicyclic) bond motifs is 1. The van der Waals surface area contributed by atoms with Crippen LogP contribution in [0.15, 0.2) is 36.5 Å². The molecule has 6 heteroatoms. The Bertz CT molecular complexity index is 818. The number of aromatic nitrogens is 1. The number of carboxylic acids is 1. The smallest absolute Gasteiger partial charge is 0.305 e. The minimum absolute atomic E-state index is 0.0350. The van der Waals surface area contributed by atoms with Crippen molar-refractivity contribution in [2.75, 3.05) is 19.8 Å². The van der Waals surface area contributed by atoms with Crippen molar-refractivity contribution in [3.63, 3.8) is 0 Å². The Hall–Kier alpha value is -2.60. The largest absolute Gasteiger partial charge is 0.481 e. The number of aryl methyl sites for hydroxylation is 1. The molecule has 6 nitrogen and oxygen atoms in total. The van der Waals surface area contributed by atoms with Gasteiger partial charge < -0.3 is 19.3 Å². The van der Waals surface area contributed by atoms with Gasteiger partial charge in [0.1, 0.15) is 0 Å². The molecular weight excluding hydrogens is 332 g/mol. The molecule has 138 valence electrons. The minimum Gasteiger partial charge on any atom is -0.481 e. The number of carboxylic acid groups (broad SMARTS) is 1. The van der Waals surface area contributed by atoms with Crippen molar-refractivity contribution in [3.05, 3.63) is 42.1 Å². The summed E-state index contributed by atoms with van der Waals surface area (Å²) in [6.45, 7) is 1.43. The van der Waals surface area contributed by atoms with Crippen LogP contribution >= 0.6 is 0 Å². The van der Waals surface area contributed by atoms with Crippen molar-refractivity contribution in [3.8, 4) is 0 Å². The van der Waals surface area contributed by atoms with Crippen molar-refractivity contribution < 1.29 is 19.4 Å². The monoisotopic (exact) mass is 356 g/mol. The van der Waals surface area contributed by atoms with Crippen molar-refractivity contribution in [2.45, 2.75) is 25.3 Å². The number of ether oxygens (including phenoxy) is 1. The number of benzene rings is 1. The molecule has 0 saturated carbocycles. The fraction of sp³-hybridized carbons (Fsp3) is 0.400. The first-order valence-electron chi connectivity index (χ1n) is 8.88. The standard InChI is InChI=1S/C20H24N2O4/c1-21-14-15(17-4-2-3-5-18(17)21)6-7-19(23)22(11-8-20(24)25)16-9-12-26-13-10-16/h2-7,14,16H,8-13H2,1H3,(H,24,25). The maximum Gasteiger partial charge on any atom is 0.305 e. The Morgan fingerprint density at radius 1 is 1.31 bits per heavy atom. The summed E-state index contributed by atoms with van der Waals surface area (Å²) in [6.07, 6.45) is 6.80. The molecule has 1 saturated heterocycles. The summed E-state index contributed by atoms with van der Waals surface area (Å²) >= 11 is 0. The normalized spacial score (nSPS) is 15.6. The second kappa shape index (κ2) is 8.19. The maximum absolute atomic E-state index is 12.8. The lowest BCUT2D eigenvalue weighted by molar-refractivity contribution is -0.138. The first-order valence-corrected chi connectivity index (χ1v) is 8.88. The number of nitrogens with zero attached hydrogens (tertiary/aromatic N) is 2. The maximum atomic E-state index is 12.8. The van der Waals surface area contributed by atoms with E-state index in [1.807, 2.05) is 48.2 Å². The fourth-order valence-corrected chi connectivity index (χ4v) is 3.45. The SMILES string of the molecule is Cn1cc(C=CC(=O)N(CCC(=O)O)C2CCOCC2)c2ccccc21. The zero-order valence-electron chi connectivity index (χ0n) is 14.9. The fourth-order valence-electron chi connectivity index (χ4n) is 3.45. The third-order valence-electron chi connectivity index (χ3n) is 4.81. The third-order valence-corrected chi connectivity index (χ3v) is 4.81. The summed E-state index contributed by atoms with van der Waals surface area (Å²) in [5, 5.41) is 10.1. The molecule has 0 atom stereocenters. The highest BCUT2D eigenvalue weighted by molar-refractivity contribution is 5.96. The molecule has 0 bridgehead atoms. The molecule has 0 spiro atoms. The number of hydrogen-bond acceptors (Lipinski definition) is 3. The van der Waals surface area contributed by atoms with Gasteiger partial charge >= 0.3 is 5.97 Å². The van der Waals surface area contributed by atoms with E-state index in [0.717, 1.165) is 29.3 Å². The van der Waals surface area contributed by atoms with Crippen molar-refractivity contribution in [1.29, 1.82) is 0 Å². The van der Waals surface area contributed by atoms with E-state index in [2.05, 4.69) is 0 Å². The zero-order valence-corrected chi connectivity index (χ0v) is 14.9. The molecule has 26 heavy (non-hydrogen) atoms. The topological polar surface area (TPSA) is 71.8 Å². The van der Waals surface area contributed by atoms with Gasteiger partial charge in [0.2, 0.25) is 5.91 Å². The van der Waals surface area contributed by atoms with Crippen LogP contribution < -0.4 is 0 Å². The van der Waals surface area contributed by atoms with Gasteiger partial charge in [-0.05, 0) is 25.0 Å². The molecule has 3 rings (SSSR count). The highest BCUT2D eigenvalue weighted by Crippen LogP contribution is 2.22. The minimum atomic E-state index is -0.895. The summed E-state index contributed by atoms with van der Waals surface area (Å²) in [4.78, 5) is 25.4. The van der Waals surface area contributed by atoms with Crippen LogP contribution in [-0.2, 0) is 21.4 Å². The molecular formula is C20H24N2O4. The van der Waals surface area contributed by atoms with Crippen LogP contribution in [0.25, 0.3) is 17.0 Å². The van der Waals surface area contributed by atoms with Gasteiger partial charge in [-0.1, -0.05) is 18.2 Å². The van der Waals surface area contributed by atoms with Gasteiger partial charge in [-0.25, -0.2) is 0 Å². The van der Waals surface area contributed by atoms with E-state index in [4.69, 9.17) is 9.84 Å². The van der Waals surface area contributed by atoms with E-state index in [9.17, 15) is 9.59 Å². The van der Waals surface area contributed by atoms with E-state index in [1.165, 1.54) is 0 Å². The van der Waals surface area contributed by atoms with Gasteiger partial charge in [-0.2, -0.15) is 0 Å². The Kier molecular flexibility index (Phi) is 5.73. The predicted octanol–water partition coefficient (Wildman–Crippen LogP) is 2.67. The second-order valence-electron chi connectivity index (χ2n) is 6.56. The molecule has 2 aromatic rings. The molecule has 0 radical (unpaired) electrons. The van der Waals surface area contributed by atoms with E-state index >= 15 is 0 Å². The van der Waals surface area contributed by atoms with Crippen LogP contribution in [0, 0.1) is 0 Å². The summed E-state index contributed by atoms with van der Waals surface area (Å²) in [7, 11) is 1.97. The van der Waals surface area contributed by atoms with Crippen LogP contribution in [0.3, 0.4) is 0 Å². The Morgan fingerprint density at radius 2 is 2.04 bits per heavy atom. The summed E-state index contributed by atoms with van der Waals surface area (Å²) in [5.41, 5.74) is 2.08. The van der Waals surface area contributed by atoms with Gasteiger partial charge in [0.05, 0.1) is 6.42 Å². The van der Waals surface area contributed by atoms with Gasteiger partial charge in [0, 0.05) is 61.6 Å². The molecule has 0 aliphatic carbocycles. The Labute approximate surface area is 152 Å². The number of aliphatic carboxylic acids is 1. The van der Waals surface area contributed by atoms with Gasteiger partial charge in [0.25, 0.3) is 0 Å². The van der Waals surface area contributed by atoms with Gasteiger partial charge in [-0.3, -0.25) is 9.59 Å². The Morgan fingerprint density at radius 3 is 2.77 bits per heavy atom. The lowest BCUT2D eigenvalue weighted by Crippen LogP contribution is -2.43. The number of carbonyl (C=O) groups excluding carboxylic acids is 1. The number of para-hydroxylation sites is 1. The van der Waals surface area contributed by atoms with Crippen LogP contribution in [0.1, 0.15) is 24.8 Å². The molecule has 1 aromatic carbocycles. The van der Waals surface area contributed by atoms with Crippen LogP contribution in [0.4, 0.5) is 0 Å². The van der Waals surface area contributed by atoms with E-state index in [1.54, 1.807) is 11.0 Å². The molecule has 2 heterocycles. The summed E-state index contributed by atoms with van der Waals surface area (Å²) < 4.78 is 7.39. The molecule has 1 N–H and O–H groups in total.